The van der Waals surface area contributed by atoms with Gasteiger partial charge in [0.05, 0.1) is 4.92 Å². The molecule has 1 N–H and O–H groups in total. The number of hydrogen-bond acceptors (Lipinski definition) is 6. The number of phenolic OH excluding ortho intramolecular Hbond substituents is 1. The summed E-state index contributed by atoms with van der Waals surface area (Å²) in [5, 5.41) is 18.8. The number of hydrogen-bond donors (Lipinski definition) is 1. The Labute approximate surface area is 115 Å². The van der Waals surface area contributed by atoms with Crippen LogP contribution >= 0.6 is 0 Å². The Kier molecular flexibility index (Phi) is 8.01. The monoisotopic (exact) mass is 281 g/mol. The van der Waals surface area contributed by atoms with Gasteiger partial charge >= 0.3 is 12.4 Å². The topological polar surface area (TPSA) is 107 Å². The molecule has 0 heterocycles. The van der Waals surface area contributed by atoms with Gasteiger partial charge in [0.2, 0.25) is 0 Å². The molecule has 0 fully saturated rings. The maximum Gasteiger partial charge on any atom is 0.341 e. The van der Waals surface area contributed by atoms with E-state index < -0.39 is 10.9 Å². The Hall–Kier alpha value is -2.70. The fourth-order valence-corrected chi connectivity index (χ4v) is 1.16. The molecule has 0 radical (unpaired) electrons. The molecule has 0 atom stereocenters. The first-order valence-corrected chi connectivity index (χ1v) is 5.69. The van der Waals surface area contributed by atoms with Crippen molar-refractivity contribution in [2.24, 2.45) is 0 Å². The van der Waals surface area contributed by atoms with Gasteiger partial charge in [-0.3, -0.25) is 14.9 Å². The summed E-state index contributed by atoms with van der Waals surface area (Å²) in [5.41, 5.74) is 0.505. The summed E-state index contributed by atoms with van der Waals surface area (Å²) >= 11 is 0. The van der Waals surface area contributed by atoms with Crippen LogP contribution in [-0.4, -0.2) is 22.5 Å². The summed E-state index contributed by atoms with van der Waals surface area (Å²) in [5.74, 6) is -0.523. The molecule has 0 bridgehead atoms. The molecule has 1 rings (SSSR count). The van der Waals surface area contributed by atoms with Crippen molar-refractivity contribution in [2.75, 3.05) is 0 Å². The zero-order valence-electron chi connectivity index (χ0n) is 11.1. The highest BCUT2D eigenvalue weighted by Gasteiger charge is 2.05. The summed E-state index contributed by atoms with van der Waals surface area (Å²) in [6, 6.07) is 5.04. The van der Waals surface area contributed by atoms with Gasteiger partial charge < -0.3 is 9.84 Å². The standard InChI is InChI=1S/C7H10O3.C6H5NO3/c1-3-6(4-2)7(9)10-5-8;8-6-3-1-5(2-4-6)7(9)10/h3,5H,4H2,1-2H3;1-4,8H. The summed E-state index contributed by atoms with van der Waals surface area (Å²) in [7, 11) is 0. The third-order valence-electron chi connectivity index (χ3n) is 2.21. The first-order chi connectivity index (χ1) is 9.46. The number of nitro groups is 1. The maximum atomic E-state index is 10.7. The minimum atomic E-state index is -0.556. The zero-order valence-corrected chi connectivity index (χ0v) is 11.1. The lowest BCUT2D eigenvalue weighted by Gasteiger charge is -1.96. The first kappa shape index (κ1) is 17.3. The van der Waals surface area contributed by atoms with Gasteiger partial charge in [0.15, 0.2) is 0 Å². The Morgan fingerprint density at radius 1 is 1.40 bits per heavy atom. The molecule has 7 nitrogen and oxygen atoms in total. The molecule has 1 aromatic carbocycles. The van der Waals surface area contributed by atoms with Gasteiger partial charge in [-0.1, -0.05) is 13.0 Å². The Morgan fingerprint density at radius 3 is 2.30 bits per heavy atom. The van der Waals surface area contributed by atoms with Crippen LogP contribution in [0.5, 0.6) is 5.75 Å². The fraction of sp³-hybridized carbons (Fsp3) is 0.231. The summed E-state index contributed by atoms with van der Waals surface area (Å²) in [4.78, 5) is 29.9. The largest absolute Gasteiger partial charge is 0.508 e. The van der Waals surface area contributed by atoms with Crippen LogP contribution < -0.4 is 0 Å². The number of ether oxygens (including phenoxy) is 1. The van der Waals surface area contributed by atoms with Crippen molar-refractivity contribution in [2.45, 2.75) is 20.3 Å². The Morgan fingerprint density at radius 2 is 1.95 bits per heavy atom. The maximum absolute atomic E-state index is 10.7. The van der Waals surface area contributed by atoms with Gasteiger partial charge in [-0.25, -0.2) is 4.79 Å². The Bertz CT molecular complexity index is 492. The minimum Gasteiger partial charge on any atom is -0.508 e. The summed E-state index contributed by atoms with van der Waals surface area (Å²) in [6.45, 7) is 3.69. The molecule has 108 valence electrons. The van der Waals surface area contributed by atoms with Gasteiger partial charge in [0.1, 0.15) is 5.75 Å². The smallest absolute Gasteiger partial charge is 0.341 e. The number of nitrogens with zero attached hydrogens (tertiary/aromatic N) is 1. The molecule has 0 spiro atoms. The second-order valence-corrected chi connectivity index (χ2v) is 3.44. The van der Waals surface area contributed by atoms with Crippen LogP contribution in [0.25, 0.3) is 0 Å². The van der Waals surface area contributed by atoms with E-state index in [9.17, 15) is 19.7 Å². The predicted octanol–water partition coefficient (Wildman–Crippen LogP) is 2.34. The molecule has 20 heavy (non-hydrogen) atoms. The third kappa shape index (κ3) is 6.29. The lowest BCUT2D eigenvalue weighted by atomic mass is 10.2. The van der Waals surface area contributed by atoms with Crippen LogP contribution in [0.1, 0.15) is 20.3 Å². The molecule has 0 aliphatic heterocycles. The van der Waals surface area contributed by atoms with E-state index in [0.29, 0.717) is 12.0 Å². The van der Waals surface area contributed by atoms with Crippen LogP contribution in [0.2, 0.25) is 0 Å². The van der Waals surface area contributed by atoms with Crippen molar-refractivity contribution in [3.8, 4) is 5.75 Å². The van der Waals surface area contributed by atoms with Crippen LogP contribution in [0.4, 0.5) is 5.69 Å². The lowest BCUT2D eigenvalue weighted by molar-refractivity contribution is -0.384. The van der Waals surface area contributed by atoms with Crippen molar-refractivity contribution >= 4 is 18.1 Å². The molecule has 0 saturated carbocycles. The number of esters is 1. The molecule has 0 saturated heterocycles. The highest BCUT2D eigenvalue weighted by Crippen LogP contribution is 2.14. The highest BCUT2D eigenvalue weighted by atomic mass is 16.6. The van der Waals surface area contributed by atoms with E-state index in [1.165, 1.54) is 24.3 Å². The fourth-order valence-electron chi connectivity index (χ4n) is 1.16. The molecule has 0 aliphatic carbocycles. The van der Waals surface area contributed by atoms with Crippen LogP contribution in [0, 0.1) is 10.1 Å². The van der Waals surface area contributed by atoms with E-state index >= 15 is 0 Å². The van der Waals surface area contributed by atoms with Gasteiger partial charge in [-0.15, -0.1) is 0 Å². The zero-order chi connectivity index (χ0) is 15.5. The molecular formula is C13H15NO6. The number of non-ortho nitro benzene ring substituents is 1. The van der Waals surface area contributed by atoms with Gasteiger partial charge in [0, 0.05) is 17.7 Å². The van der Waals surface area contributed by atoms with Gasteiger partial charge in [0.25, 0.3) is 5.69 Å². The van der Waals surface area contributed by atoms with Crippen molar-refractivity contribution in [3.63, 3.8) is 0 Å². The minimum absolute atomic E-state index is 0.0159. The van der Waals surface area contributed by atoms with Crippen LogP contribution in [0.15, 0.2) is 35.9 Å². The van der Waals surface area contributed by atoms with Gasteiger partial charge in [-0.05, 0) is 25.5 Å². The number of benzene rings is 1. The van der Waals surface area contributed by atoms with E-state index in [1.54, 1.807) is 13.0 Å². The van der Waals surface area contributed by atoms with Gasteiger partial charge in [-0.2, -0.15) is 0 Å². The quantitative estimate of drug-likeness (QED) is 0.227. The van der Waals surface area contributed by atoms with Crippen LogP contribution in [0.3, 0.4) is 0 Å². The Balaban J connectivity index is 0.000000361. The summed E-state index contributed by atoms with van der Waals surface area (Å²) in [6.07, 6.45) is 2.22. The van der Waals surface area contributed by atoms with Crippen molar-refractivity contribution in [3.05, 3.63) is 46.0 Å². The normalized spacial score (nSPS) is 10.0. The predicted molar refractivity (Wildman–Crippen MR) is 71.0 cm³/mol. The number of carbonyl (C=O) groups excluding carboxylic acids is 2. The first-order valence-electron chi connectivity index (χ1n) is 5.69. The number of phenols is 1. The van der Waals surface area contributed by atoms with E-state index in [1.807, 2.05) is 6.92 Å². The summed E-state index contributed by atoms with van der Waals surface area (Å²) < 4.78 is 4.10. The molecule has 0 aromatic heterocycles. The number of aromatic hydroxyl groups is 1. The molecular weight excluding hydrogens is 266 g/mol. The van der Waals surface area contributed by atoms with E-state index in [4.69, 9.17) is 5.11 Å². The second kappa shape index (κ2) is 9.26. The highest BCUT2D eigenvalue weighted by molar-refractivity contribution is 5.91. The van der Waals surface area contributed by atoms with Crippen molar-refractivity contribution in [1.82, 2.24) is 0 Å². The number of nitro benzene ring substituents is 1. The van der Waals surface area contributed by atoms with Crippen molar-refractivity contribution < 1.29 is 24.4 Å². The number of carbonyl (C=O) groups is 2. The molecule has 7 heteroatoms. The number of allylic oxidation sites excluding steroid dienone is 1. The molecule has 0 aliphatic rings. The molecule has 0 unspecified atom stereocenters. The molecule has 0 amide bonds. The van der Waals surface area contributed by atoms with E-state index in [2.05, 4.69) is 4.74 Å². The van der Waals surface area contributed by atoms with E-state index in [-0.39, 0.29) is 17.9 Å². The molecule has 1 aromatic rings. The van der Waals surface area contributed by atoms with Crippen molar-refractivity contribution in [1.29, 1.82) is 0 Å². The lowest BCUT2D eigenvalue weighted by Crippen LogP contribution is -2.05. The second-order valence-electron chi connectivity index (χ2n) is 3.44. The van der Waals surface area contributed by atoms with E-state index in [0.717, 1.165) is 0 Å². The number of rotatable bonds is 4. The SMILES string of the molecule is CC=C(CC)C(=O)OC=O.O=[N+]([O-])c1ccc(O)cc1. The average Bonchev–Trinajstić information content (AvgIpc) is 2.41. The average molecular weight is 281 g/mol. The van der Waals surface area contributed by atoms with Crippen LogP contribution in [-0.2, 0) is 14.3 Å². The third-order valence-corrected chi connectivity index (χ3v) is 2.21.